The van der Waals surface area contributed by atoms with E-state index in [0.717, 1.165) is 32.1 Å². The number of nitrogens with one attached hydrogen (secondary N) is 2. The molecule has 0 heterocycles. The standard InChI is InChI=1S/C15H31N3O.HI/c1-5-15(8-6-9-15)12-18-14(16-4)17-10-7-11-19-13(2)3;/h13H,5-12H2,1-4H3,(H2,16,17,18);1H. The van der Waals surface area contributed by atoms with Gasteiger partial charge >= 0.3 is 0 Å². The highest BCUT2D eigenvalue weighted by molar-refractivity contribution is 14.0. The van der Waals surface area contributed by atoms with Crippen molar-refractivity contribution < 1.29 is 4.74 Å². The number of guanidine groups is 1. The van der Waals surface area contributed by atoms with Gasteiger partial charge in [0.15, 0.2) is 5.96 Å². The second-order valence-electron chi connectivity index (χ2n) is 5.83. The third kappa shape index (κ3) is 7.11. The van der Waals surface area contributed by atoms with Gasteiger partial charge in [0, 0.05) is 26.7 Å². The van der Waals surface area contributed by atoms with Gasteiger partial charge in [-0.05, 0) is 44.9 Å². The van der Waals surface area contributed by atoms with E-state index in [0.29, 0.717) is 11.5 Å². The van der Waals surface area contributed by atoms with Crippen molar-refractivity contribution in [3.63, 3.8) is 0 Å². The molecule has 0 unspecified atom stereocenters. The van der Waals surface area contributed by atoms with Crippen LogP contribution in [-0.4, -0.2) is 38.8 Å². The molecule has 0 radical (unpaired) electrons. The smallest absolute Gasteiger partial charge is 0.190 e. The number of ether oxygens (including phenoxy) is 1. The first-order chi connectivity index (χ1) is 9.12. The van der Waals surface area contributed by atoms with E-state index in [1.165, 1.54) is 25.7 Å². The molecule has 1 aliphatic rings. The lowest BCUT2D eigenvalue weighted by molar-refractivity contribution is 0.0776. The summed E-state index contributed by atoms with van der Waals surface area (Å²) in [4.78, 5) is 4.27. The Bertz CT molecular complexity index is 273. The molecule has 0 atom stereocenters. The molecule has 0 aromatic carbocycles. The Hall–Kier alpha value is -0.0400. The Balaban J connectivity index is 0.00000361. The van der Waals surface area contributed by atoms with Gasteiger partial charge in [0.2, 0.25) is 0 Å². The summed E-state index contributed by atoms with van der Waals surface area (Å²) in [6.45, 7) is 9.19. The van der Waals surface area contributed by atoms with Crippen LogP contribution in [0, 0.1) is 5.41 Å². The van der Waals surface area contributed by atoms with Crippen LogP contribution in [0.3, 0.4) is 0 Å². The zero-order valence-corrected chi connectivity index (χ0v) is 15.8. The molecule has 0 spiro atoms. The summed E-state index contributed by atoms with van der Waals surface area (Å²) in [6.07, 6.45) is 6.69. The Morgan fingerprint density at radius 2 is 2.00 bits per heavy atom. The summed E-state index contributed by atoms with van der Waals surface area (Å²) in [6, 6.07) is 0. The Labute approximate surface area is 141 Å². The normalized spacial score (nSPS) is 17.4. The van der Waals surface area contributed by atoms with E-state index in [2.05, 4.69) is 36.4 Å². The predicted octanol–water partition coefficient (Wildman–Crippen LogP) is 3.16. The number of hydrogen-bond donors (Lipinski definition) is 2. The lowest BCUT2D eigenvalue weighted by atomic mass is 9.67. The minimum atomic E-state index is 0. The molecule has 1 aliphatic carbocycles. The number of halogens is 1. The predicted molar refractivity (Wildman–Crippen MR) is 97.1 cm³/mol. The zero-order chi connectivity index (χ0) is 14.1. The highest BCUT2D eigenvalue weighted by Crippen LogP contribution is 2.42. The molecule has 4 nitrogen and oxygen atoms in total. The zero-order valence-electron chi connectivity index (χ0n) is 13.5. The minimum absolute atomic E-state index is 0. The molecule has 2 N–H and O–H groups in total. The topological polar surface area (TPSA) is 45.7 Å². The van der Waals surface area contributed by atoms with Crippen LogP contribution in [0.25, 0.3) is 0 Å². The van der Waals surface area contributed by atoms with E-state index in [9.17, 15) is 0 Å². The third-order valence-electron chi connectivity index (χ3n) is 4.08. The van der Waals surface area contributed by atoms with Crippen molar-refractivity contribution in [3.8, 4) is 0 Å². The summed E-state index contributed by atoms with van der Waals surface area (Å²) >= 11 is 0. The van der Waals surface area contributed by atoms with E-state index in [1.54, 1.807) is 0 Å². The fourth-order valence-corrected chi connectivity index (χ4v) is 2.42. The number of nitrogens with zero attached hydrogens (tertiary/aromatic N) is 1. The highest BCUT2D eigenvalue weighted by Gasteiger charge is 2.34. The van der Waals surface area contributed by atoms with Crippen molar-refractivity contribution in [2.45, 2.75) is 59.0 Å². The van der Waals surface area contributed by atoms with Crippen LogP contribution < -0.4 is 10.6 Å². The Morgan fingerprint density at radius 3 is 2.45 bits per heavy atom. The Kier molecular flexibility index (Phi) is 10.6. The van der Waals surface area contributed by atoms with Gasteiger partial charge in [0.05, 0.1) is 6.10 Å². The van der Waals surface area contributed by atoms with E-state index in [1.807, 2.05) is 7.05 Å². The van der Waals surface area contributed by atoms with Crippen LogP contribution in [0.15, 0.2) is 4.99 Å². The summed E-state index contributed by atoms with van der Waals surface area (Å²) < 4.78 is 5.52. The molecule has 20 heavy (non-hydrogen) atoms. The molecule has 1 saturated carbocycles. The molecular formula is C15H32IN3O. The maximum atomic E-state index is 5.52. The first kappa shape index (κ1) is 20.0. The van der Waals surface area contributed by atoms with Gasteiger partial charge in [0.25, 0.3) is 0 Å². The number of aliphatic imine (C=N–C) groups is 1. The van der Waals surface area contributed by atoms with E-state index >= 15 is 0 Å². The second kappa shape index (κ2) is 10.7. The van der Waals surface area contributed by atoms with Crippen molar-refractivity contribution in [3.05, 3.63) is 0 Å². The first-order valence-corrected chi connectivity index (χ1v) is 7.68. The lowest BCUT2D eigenvalue weighted by Gasteiger charge is -2.41. The number of hydrogen-bond acceptors (Lipinski definition) is 2. The average Bonchev–Trinajstić information content (AvgIpc) is 2.34. The molecule has 0 aromatic rings. The van der Waals surface area contributed by atoms with Gasteiger partial charge < -0.3 is 15.4 Å². The monoisotopic (exact) mass is 397 g/mol. The maximum absolute atomic E-state index is 5.52. The van der Waals surface area contributed by atoms with E-state index in [-0.39, 0.29) is 24.0 Å². The van der Waals surface area contributed by atoms with Crippen molar-refractivity contribution in [1.29, 1.82) is 0 Å². The van der Waals surface area contributed by atoms with Crippen molar-refractivity contribution in [2.24, 2.45) is 10.4 Å². The van der Waals surface area contributed by atoms with Crippen molar-refractivity contribution in [2.75, 3.05) is 26.7 Å². The molecule has 120 valence electrons. The molecule has 0 aliphatic heterocycles. The Morgan fingerprint density at radius 1 is 1.30 bits per heavy atom. The van der Waals surface area contributed by atoms with Crippen LogP contribution in [-0.2, 0) is 4.74 Å². The summed E-state index contributed by atoms with van der Waals surface area (Å²) in [7, 11) is 1.83. The molecule has 1 rings (SSSR count). The average molecular weight is 397 g/mol. The fraction of sp³-hybridized carbons (Fsp3) is 0.933. The molecule has 5 heteroatoms. The molecular weight excluding hydrogens is 365 g/mol. The van der Waals surface area contributed by atoms with Crippen LogP contribution >= 0.6 is 24.0 Å². The van der Waals surface area contributed by atoms with Crippen LogP contribution in [0.2, 0.25) is 0 Å². The quantitative estimate of drug-likeness (QED) is 0.286. The highest BCUT2D eigenvalue weighted by atomic mass is 127. The molecule has 0 amide bonds. The number of rotatable bonds is 8. The van der Waals surface area contributed by atoms with Gasteiger partial charge in [0.1, 0.15) is 0 Å². The van der Waals surface area contributed by atoms with Gasteiger partial charge in [-0.2, -0.15) is 0 Å². The maximum Gasteiger partial charge on any atom is 0.190 e. The molecule has 0 bridgehead atoms. The molecule has 0 saturated heterocycles. The van der Waals surface area contributed by atoms with Gasteiger partial charge in [-0.15, -0.1) is 24.0 Å². The van der Waals surface area contributed by atoms with Gasteiger partial charge in [-0.25, -0.2) is 0 Å². The van der Waals surface area contributed by atoms with E-state index < -0.39 is 0 Å². The minimum Gasteiger partial charge on any atom is -0.379 e. The first-order valence-electron chi connectivity index (χ1n) is 7.68. The fourth-order valence-electron chi connectivity index (χ4n) is 2.42. The van der Waals surface area contributed by atoms with Crippen LogP contribution in [0.5, 0.6) is 0 Å². The SMILES string of the molecule is CCC1(CNC(=NC)NCCCOC(C)C)CCC1.I. The summed E-state index contributed by atoms with van der Waals surface area (Å²) in [5.41, 5.74) is 0.526. The van der Waals surface area contributed by atoms with Crippen molar-refractivity contribution in [1.82, 2.24) is 10.6 Å². The van der Waals surface area contributed by atoms with Crippen LogP contribution in [0.4, 0.5) is 0 Å². The molecule has 0 aromatic heterocycles. The van der Waals surface area contributed by atoms with Gasteiger partial charge in [-0.3, -0.25) is 4.99 Å². The van der Waals surface area contributed by atoms with E-state index in [4.69, 9.17) is 4.74 Å². The summed E-state index contributed by atoms with van der Waals surface area (Å²) in [5, 5.41) is 6.81. The van der Waals surface area contributed by atoms with Crippen LogP contribution in [0.1, 0.15) is 52.9 Å². The molecule has 1 fully saturated rings. The van der Waals surface area contributed by atoms with Crippen molar-refractivity contribution >= 4 is 29.9 Å². The van der Waals surface area contributed by atoms with Gasteiger partial charge in [-0.1, -0.05) is 13.3 Å². The third-order valence-corrected chi connectivity index (χ3v) is 4.08. The second-order valence-corrected chi connectivity index (χ2v) is 5.83. The largest absolute Gasteiger partial charge is 0.379 e. The summed E-state index contributed by atoms with van der Waals surface area (Å²) in [5.74, 6) is 0.921. The lowest BCUT2D eigenvalue weighted by Crippen LogP contribution is -2.46.